The number of aromatic nitrogens is 8. The molecule has 0 aliphatic rings. The number of carbonyl (C=O) groups is 3. The molecule has 0 bridgehead atoms. The maximum absolute atomic E-state index is 10.6. The smallest absolute Gasteiger partial charge is 0.616 e. The van der Waals surface area contributed by atoms with Crippen molar-refractivity contribution in [3.05, 3.63) is 112 Å². The van der Waals surface area contributed by atoms with Gasteiger partial charge in [0.15, 0.2) is 5.95 Å². The van der Waals surface area contributed by atoms with Crippen LogP contribution in [0.3, 0.4) is 0 Å². The molecule has 0 aliphatic carbocycles. The number of aliphatic imine (C=N–C) groups is 1. The summed E-state index contributed by atoms with van der Waals surface area (Å²) in [7, 11) is 5.97. The largest absolute Gasteiger partial charge is 1.00 e. The molecule has 0 saturated carbocycles. The normalized spacial score (nSPS) is 10.1. The monoisotopic (exact) mass is 896 g/mol. The number of anilines is 3. The standard InChI is InChI=1S/C10H11NO2.C7H13N4O2P.C5H7N3O2.C5H10N3OP.C5H6N2O2.Li.HNO2.Na/c1-13-10(12)8-11-7-9-5-3-2-4-6-9;8-5(6(12)13)2-1-4-3-9-7(10-4)11-14;6-5-7-2-3(8-5)1-4(9)10;9-2-1-4-3-6-5(7-4)8-10;8-5(9)1-4-2-6-3-7-4;;2-1-3;/h2-8,12H,1H3;3,5H,1-2,8,14H2,(H,12,13)(H2,9,10,11);2H,1H2,(H,9,10)(H3,6,7,8);3,9H,1-2,10H2,(H2,6,7,8);2-3H,1H2,(H,6,7)(H,8,9);;1H;/q;;;;;+1;;+1/b10-8+,11-7?;;;;;;;. The second-order valence-corrected chi connectivity index (χ2v) is 11.3. The molecule has 0 spiro atoms. The summed E-state index contributed by atoms with van der Waals surface area (Å²) in [6.45, 7) is 0.151. The number of hydrogen-bond donors (Lipinski definition) is 13. The van der Waals surface area contributed by atoms with Crippen molar-refractivity contribution in [2.24, 2.45) is 10.7 Å². The van der Waals surface area contributed by atoms with Crippen molar-refractivity contribution < 1.29 is 99.8 Å². The number of benzene rings is 1. The van der Waals surface area contributed by atoms with E-state index in [1.54, 1.807) is 18.6 Å². The Balaban J connectivity index is -0.000000332. The van der Waals surface area contributed by atoms with E-state index in [1.807, 2.05) is 30.3 Å². The van der Waals surface area contributed by atoms with E-state index in [0.29, 0.717) is 42.5 Å². The fourth-order valence-electron chi connectivity index (χ4n) is 3.62. The number of ether oxygens (including phenoxy) is 1. The zero-order valence-electron chi connectivity index (χ0n) is 34.4. The van der Waals surface area contributed by atoms with Gasteiger partial charge in [0.25, 0.3) is 0 Å². The number of imidazole rings is 4. The van der Waals surface area contributed by atoms with Crippen LogP contribution in [0.25, 0.3) is 0 Å². The van der Waals surface area contributed by atoms with Gasteiger partial charge < -0.3 is 71.8 Å². The number of aromatic amines is 4. The molecule has 3 unspecified atom stereocenters. The number of aliphatic hydroxyl groups excluding tert-OH is 1. The Labute approximate surface area is 388 Å². The van der Waals surface area contributed by atoms with E-state index >= 15 is 0 Å². The number of carboxylic acid groups (broad SMARTS) is 3. The Bertz CT molecular complexity index is 1960. The number of H-pyrrole nitrogens is 4. The number of aryl methyl sites for hydroxylation is 1. The maximum Gasteiger partial charge on any atom is 1.00 e. The zero-order valence-corrected chi connectivity index (χ0v) is 37.7. The molecular weight excluding hydrogens is 848 g/mol. The van der Waals surface area contributed by atoms with Crippen LogP contribution in [0, 0.1) is 10.1 Å². The van der Waals surface area contributed by atoms with Crippen molar-refractivity contribution in [2.75, 3.05) is 29.6 Å². The van der Waals surface area contributed by atoms with E-state index in [-0.39, 0.29) is 80.6 Å². The summed E-state index contributed by atoms with van der Waals surface area (Å²) in [5, 5.41) is 58.1. The zero-order chi connectivity index (χ0) is 44.4. The first kappa shape index (κ1) is 60.0. The third kappa shape index (κ3) is 32.2. The molecule has 3 atom stereocenters. The molecule has 25 nitrogen and oxygen atoms in total. The van der Waals surface area contributed by atoms with Crippen molar-refractivity contribution in [3.8, 4) is 0 Å². The minimum Gasteiger partial charge on any atom is -0.616 e. The van der Waals surface area contributed by atoms with Gasteiger partial charge >= 0.3 is 67.8 Å². The van der Waals surface area contributed by atoms with Crippen molar-refractivity contribution >= 4 is 60.7 Å². The number of aliphatic carboxylic acids is 3. The summed E-state index contributed by atoms with van der Waals surface area (Å²) in [6, 6.07) is 8.70. The molecule has 5 rings (SSSR count). The molecule has 0 radical (unpaired) electrons. The van der Waals surface area contributed by atoms with E-state index in [9.17, 15) is 19.5 Å². The van der Waals surface area contributed by atoms with E-state index in [4.69, 9.17) is 42.0 Å². The fraction of sp³-hybridized carbons (Fsp3) is 0.250. The molecule has 5 aromatic rings. The van der Waals surface area contributed by atoms with Gasteiger partial charge in [-0.2, -0.15) is 0 Å². The summed E-state index contributed by atoms with van der Waals surface area (Å²) in [5.74, 6) is -1.59. The Morgan fingerprint density at radius 2 is 1.46 bits per heavy atom. The minimum absolute atomic E-state index is 0. The van der Waals surface area contributed by atoms with Gasteiger partial charge in [0.05, 0.1) is 43.7 Å². The molecule has 29 heteroatoms. The molecule has 0 saturated heterocycles. The van der Waals surface area contributed by atoms with Gasteiger partial charge in [0, 0.05) is 59.8 Å². The van der Waals surface area contributed by atoms with E-state index in [0.717, 1.165) is 23.2 Å². The van der Waals surface area contributed by atoms with E-state index < -0.39 is 29.9 Å². The van der Waals surface area contributed by atoms with Crippen LogP contribution in [-0.4, -0.2) is 104 Å². The summed E-state index contributed by atoms with van der Waals surface area (Å²) in [6.07, 6.45) is 12.0. The topological polar surface area (TPSA) is 422 Å². The predicted octanol–water partition coefficient (Wildman–Crippen LogP) is -6.88. The third-order valence-corrected chi connectivity index (χ3v) is 6.79. The summed E-state index contributed by atoms with van der Waals surface area (Å²) < 4.78 is 4.38. The second kappa shape index (κ2) is 37.6. The van der Waals surface area contributed by atoms with E-state index in [2.05, 4.69) is 78.6 Å². The van der Waals surface area contributed by atoms with Gasteiger partial charge in [-0.05, 0) is 44.3 Å². The van der Waals surface area contributed by atoms with Crippen LogP contribution in [0.2, 0.25) is 0 Å². The number of nitrogens with zero attached hydrogens (tertiary/aromatic N) is 5. The van der Waals surface area contributed by atoms with Crippen molar-refractivity contribution in [1.82, 2.24) is 39.9 Å². The van der Waals surface area contributed by atoms with Gasteiger partial charge in [-0.1, -0.05) is 30.3 Å². The van der Waals surface area contributed by atoms with Gasteiger partial charge in [0.1, 0.15) is 6.04 Å². The second-order valence-electron chi connectivity index (χ2n) is 10.7. The van der Waals surface area contributed by atoms with Crippen molar-refractivity contribution in [3.63, 3.8) is 0 Å². The number of carboxylic acids is 3. The molecular formula is C32H48LiN14NaO11P2+2. The van der Waals surface area contributed by atoms with Gasteiger partial charge in [0.2, 0.25) is 11.9 Å². The Morgan fingerprint density at radius 1 is 0.934 bits per heavy atom. The molecule has 0 aliphatic heterocycles. The number of rotatable bonds is 15. The summed E-state index contributed by atoms with van der Waals surface area (Å²) in [5.41, 5.74) is 14.4. The van der Waals surface area contributed by atoms with Crippen LogP contribution < -0.4 is 80.5 Å². The van der Waals surface area contributed by atoms with E-state index in [1.165, 1.54) is 25.8 Å². The number of nitrogens with two attached hydrogens (primary N) is 2. The van der Waals surface area contributed by atoms with Gasteiger partial charge in [-0.25, -0.2) is 19.9 Å². The van der Waals surface area contributed by atoms with Crippen LogP contribution in [0.15, 0.2) is 78.6 Å². The van der Waals surface area contributed by atoms with Crippen LogP contribution in [0.1, 0.15) is 36.2 Å². The molecule has 4 heterocycles. The molecule has 0 amide bonds. The number of nitrogens with one attached hydrogen (secondary N) is 7. The van der Waals surface area contributed by atoms with Crippen molar-refractivity contribution in [2.45, 2.75) is 38.1 Å². The SMILES string of the molecule is CO/C([O-])=C/N=Cc1ccccc1.NC(CCc1cnc(NP)[nH]1)C(=O)O.Nc1ncc(CC(=O)O)[nH]1.O=C(O)Cc1cnc[nH]1.O=[NH+][O-].OCCc1cnc(NP)[nH]1.[H+].[Li+].[Na+]. The fourth-order valence-corrected chi connectivity index (χ4v) is 3.92. The summed E-state index contributed by atoms with van der Waals surface area (Å²) >= 11 is 0. The number of hydrogen-bond acceptors (Lipinski definition) is 17. The predicted molar refractivity (Wildman–Crippen MR) is 221 cm³/mol. The molecule has 0 fully saturated rings. The molecule has 15 N–H and O–H groups in total. The molecule has 61 heavy (non-hydrogen) atoms. The molecule has 322 valence electrons. The van der Waals surface area contributed by atoms with Gasteiger partial charge in [-0.3, -0.25) is 29.5 Å². The molecule has 4 aromatic heterocycles. The average molecular weight is 897 g/mol. The first-order valence-electron chi connectivity index (χ1n) is 16.5. The average Bonchev–Trinajstić information content (AvgIpc) is 4.05. The Kier molecular flexibility index (Phi) is 37.0. The van der Waals surface area contributed by atoms with Crippen LogP contribution >= 0.6 is 18.8 Å². The number of aliphatic hydroxyl groups is 1. The van der Waals surface area contributed by atoms with Crippen LogP contribution in [0.5, 0.6) is 0 Å². The van der Waals surface area contributed by atoms with Crippen LogP contribution in [-0.2, 0) is 44.8 Å². The number of nitrogen functional groups attached to an aromatic ring is 1. The maximum atomic E-state index is 10.6. The summed E-state index contributed by atoms with van der Waals surface area (Å²) in [4.78, 5) is 68.9. The van der Waals surface area contributed by atoms with Gasteiger partial charge in [-0.15, -0.1) is 0 Å². The first-order valence-corrected chi connectivity index (χ1v) is 17.7. The Hall–Kier alpha value is -5.34. The van der Waals surface area contributed by atoms with Crippen LogP contribution in [0.4, 0.5) is 17.8 Å². The first-order chi connectivity index (χ1) is 28.2. The minimum atomic E-state index is -0.978. The number of methoxy groups -OCH3 is 1. The Morgan fingerprint density at radius 3 is 1.87 bits per heavy atom. The molecule has 1 aromatic carbocycles. The van der Waals surface area contributed by atoms with Crippen molar-refractivity contribution in [1.29, 1.82) is 0 Å². The third-order valence-electron chi connectivity index (χ3n) is 6.24. The quantitative estimate of drug-likeness (QED) is 0.0116.